The Bertz CT molecular complexity index is 675. The number of aromatic nitrogens is 4. The van der Waals surface area contributed by atoms with Gasteiger partial charge in [-0.3, -0.25) is 9.55 Å². The van der Waals surface area contributed by atoms with Crippen molar-refractivity contribution in [2.75, 3.05) is 5.73 Å². The van der Waals surface area contributed by atoms with Crippen molar-refractivity contribution in [2.24, 2.45) is 5.92 Å². The first kappa shape index (κ1) is 13.1. The van der Waals surface area contributed by atoms with Gasteiger partial charge in [-0.2, -0.15) is 4.98 Å². The Kier molecular flexibility index (Phi) is 3.21. The summed E-state index contributed by atoms with van der Waals surface area (Å²) in [7, 11) is 0. The van der Waals surface area contributed by atoms with Crippen molar-refractivity contribution < 1.29 is 4.74 Å². The molecule has 2 atom stereocenters. The third-order valence-electron chi connectivity index (χ3n) is 3.60. The SMILES string of the molecule is CC(C)C[C@@H]1CC[C@H](n2cnc3c(N)[nH]c(=O)nc32)O1. The Morgan fingerprint density at radius 3 is 3.10 bits per heavy atom. The second-order valence-corrected chi connectivity index (χ2v) is 5.70. The minimum Gasteiger partial charge on any atom is -0.383 e. The van der Waals surface area contributed by atoms with Crippen LogP contribution in [0.4, 0.5) is 5.82 Å². The maximum atomic E-state index is 11.5. The molecule has 1 saturated heterocycles. The number of nitrogens with zero attached hydrogens (tertiary/aromatic N) is 3. The fourth-order valence-electron chi connectivity index (χ4n) is 2.76. The molecule has 108 valence electrons. The summed E-state index contributed by atoms with van der Waals surface area (Å²) >= 11 is 0. The van der Waals surface area contributed by atoms with E-state index in [-0.39, 0.29) is 18.1 Å². The van der Waals surface area contributed by atoms with Crippen LogP contribution in [0.2, 0.25) is 0 Å². The Morgan fingerprint density at radius 1 is 1.55 bits per heavy atom. The lowest BCUT2D eigenvalue weighted by Crippen LogP contribution is -2.16. The predicted octanol–water partition coefficient (Wildman–Crippen LogP) is 1.43. The molecule has 3 rings (SSSR count). The summed E-state index contributed by atoms with van der Waals surface area (Å²) in [5, 5.41) is 0. The highest BCUT2D eigenvalue weighted by atomic mass is 16.5. The van der Waals surface area contributed by atoms with Gasteiger partial charge in [-0.05, 0) is 25.2 Å². The number of anilines is 1. The van der Waals surface area contributed by atoms with Crippen LogP contribution in [0.5, 0.6) is 0 Å². The van der Waals surface area contributed by atoms with E-state index in [1.165, 1.54) is 0 Å². The second-order valence-electron chi connectivity index (χ2n) is 5.70. The third-order valence-corrected chi connectivity index (χ3v) is 3.60. The first-order valence-electron chi connectivity index (χ1n) is 6.92. The van der Waals surface area contributed by atoms with Crippen LogP contribution in [0.3, 0.4) is 0 Å². The van der Waals surface area contributed by atoms with Crippen molar-refractivity contribution in [3.05, 3.63) is 16.8 Å². The van der Waals surface area contributed by atoms with Crippen LogP contribution in [-0.2, 0) is 4.74 Å². The molecular weight excluding hydrogens is 258 g/mol. The number of imidazole rings is 1. The van der Waals surface area contributed by atoms with Gasteiger partial charge in [0, 0.05) is 0 Å². The molecule has 1 fully saturated rings. The standard InChI is InChI=1S/C13H19N5O2/c1-7(2)5-8-3-4-9(20-8)18-6-15-10-11(14)16-13(19)17-12(10)18/h6-9H,3-5H2,1-2H3,(H3,14,16,17,19)/t8-,9+/m0/s1. The molecule has 0 radical (unpaired) electrons. The van der Waals surface area contributed by atoms with Gasteiger partial charge >= 0.3 is 5.69 Å². The van der Waals surface area contributed by atoms with E-state index < -0.39 is 5.69 Å². The lowest BCUT2D eigenvalue weighted by atomic mass is 10.0. The number of ether oxygens (including phenoxy) is 1. The monoisotopic (exact) mass is 277 g/mol. The summed E-state index contributed by atoms with van der Waals surface area (Å²) in [4.78, 5) is 22.1. The average molecular weight is 277 g/mol. The molecule has 0 aromatic carbocycles. The van der Waals surface area contributed by atoms with Crippen LogP contribution >= 0.6 is 0 Å². The highest BCUT2D eigenvalue weighted by Gasteiger charge is 2.28. The molecule has 2 aromatic heterocycles. The maximum absolute atomic E-state index is 11.5. The van der Waals surface area contributed by atoms with Crippen LogP contribution in [0.25, 0.3) is 11.2 Å². The number of hydrogen-bond donors (Lipinski definition) is 2. The number of nitrogens with two attached hydrogens (primary N) is 1. The first-order valence-corrected chi connectivity index (χ1v) is 6.92. The van der Waals surface area contributed by atoms with Crippen molar-refractivity contribution in [3.63, 3.8) is 0 Å². The molecule has 0 bridgehead atoms. The van der Waals surface area contributed by atoms with Gasteiger partial charge in [0.1, 0.15) is 17.6 Å². The molecule has 20 heavy (non-hydrogen) atoms. The van der Waals surface area contributed by atoms with Gasteiger partial charge in [0.05, 0.1) is 12.4 Å². The van der Waals surface area contributed by atoms with Crippen LogP contribution < -0.4 is 11.4 Å². The lowest BCUT2D eigenvalue weighted by Gasteiger charge is -2.16. The van der Waals surface area contributed by atoms with E-state index in [4.69, 9.17) is 10.5 Å². The second kappa shape index (κ2) is 4.90. The summed E-state index contributed by atoms with van der Waals surface area (Å²) < 4.78 is 7.84. The molecule has 1 aliphatic heterocycles. The quantitative estimate of drug-likeness (QED) is 0.884. The predicted molar refractivity (Wildman–Crippen MR) is 75.2 cm³/mol. The van der Waals surface area contributed by atoms with E-state index in [0.717, 1.165) is 19.3 Å². The molecule has 0 spiro atoms. The average Bonchev–Trinajstić information content (AvgIpc) is 2.94. The van der Waals surface area contributed by atoms with Crippen LogP contribution in [0, 0.1) is 5.92 Å². The van der Waals surface area contributed by atoms with Gasteiger partial charge in [-0.25, -0.2) is 9.78 Å². The fraction of sp³-hybridized carbons (Fsp3) is 0.615. The highest BCUT2D eigenvalue weighted by molar-refractivity contribution is 5.81. The van der Waals surface area contributed by atoms with Gasteiger partial charge in [-0.15, -0.1) is 0 Å². The molecule has 0 amide bonds. The van der Waals surface area contributed by atoms with Gasteiger partial charge in [0.2, 0.25) is 0 Å². The number of fused-ring (bicyclic) bond motifs is 1. The van der Waals surface area contributed by atoms with E-state index in [9.17, 15) is 4.79 Å². The molecule has 1 aliphatic rings. The van der Waals surface area contributed by atoms with Gasteiger partial charge < -0.3 is 10.5 Å². The third kappa shape index (κ3) is 2.29. The zero-order chi connectivity index (χ0) is 14.3. The van der Waals surface area contributed by atoms with Crippen molar-refractivity contribution >= 4 is 17.0 Å². The van der Waals surface area contributed by atoms with Crippen molar-refractivity contribution in [1.82, 2.24) is 19.5 Å². The topological polar surface area (TPSA) is 98.8 Å². The molecule has 0 saturated carbocycles. The van der Waals surface area contributed by atoms with E-state index in [1.54, 1.807) is 10.9 Å². The Labute approximate surface area is 116 Å². The van der Waals surface area contributed by atoms with Gasteiger partial charge in [-0.1, -0.05) is 13.8 Å². The largest absolute Gasteiger partial charge is 0.383 e. The molecule has 3 heterocycles. The van der Waals surface area contributed by atoms with Crippen LogP contribution in [0.1, 0.15) is 39.3 Å². The first-order chi connectivity index (χ1) is 9.54. The molecule has 2 aromatic rings. The van der Waals surface area contributed by atoms with E-state index >= 15 is 0 Å². The van der Waals surface area contributed by atoms with Crippen molar-refractivity contribution in [1.29, 1.82) is 0 Å². The number of rotatable bonds is 3. The maximum Gasteiger partial charge on any atom is 0.348 e. The van der Waals surface area contributed by atoms with Crippen molar-refractivity contribution in [3.8, 4) is 0 Å². The molecule has 0 aliphatic carbocycles. The summed E-state index contributed by atoms with van der Waals surface area (Å²) in [6.07, 6.45) is 4.75. The number of hydrogen-bond acceptors (Lipinski definition) is 5. The van der Waals surface area contributed by atoms with E-state index in [1.807, 2.05) is 0 Å². The molecular formula is C13H19N5O2. The molecule has 7 heteroatoms. The Balaban J connectivity index is 1.90. The zero-order valence-electron chi connectivity index (χ0n) is 11.7. The van der Waals surface area contributed by atoms with Gasteiger partial charge in [0.25, 0.3) is 0 Å². The number of nitrogen functional groups attached to an aromatic ring is 1. The lowest BCUT2D eigenvalue weighted by molar-refractivity contribution is -0.00444. The summed E-state index contributed by atoms with van der Waals surface area (Å²) in [6, 6.07) is 0. The minimum atomic E-state index is -0.464. The van der Waals surface area contributed by atoms with Gasteiger partial charge in [0.15, 0.2) is 5.65 Å². The van der Waals surface area contributed by atoms with Crippen molar-refractivity contribution in [2.45, 2.75) is 45.4 Å². The summed E-state index contributed by atoms with van der Waals surface area (Å²) in [5.41, 5.74) is 6.29. The number of aromatic amines is 1. The smallest absolute Gasteiger partial charge is 0.348 e. The number of nitrogens with one attached hydrogen (secondary N) is 1. The molecule has 0 unspecified atom stereocenters. The molecule has 3 N–H and O–H groups in total. The zero-order valence-corrected chi connectivity index (χ0v) is 11.7. The Morgan fingerprint density at radius 2 is 2.35 bits per heavy atom. The van der Waals surface area contributed by atoms with E-state index in [2.05, 4.69) is 28.8 Å². The van der Waals surface area contributed by atoms with Crippen LogP contribution in [-0.4, -0.2) is 25.6 Å². The normalized spacial score (nSPS) is 22.9. The summed E-state index contributed by atoms with van der Waals surface area (Å²) in [5.74, 6) is 0.852. The molecule has 7 nitrogen and oxygen atoms in total. The van der Waals surface area contributed by atoms with E-state index in [0.29, 0.717) is 17.1 Å². The minimum absolute atomic E-state index is 0.113. The summed E-state index contributed by atoms with van der Waals surface area (Å²) in [6.45, 7) is 4.37. The number of H-pyrrole nitrogens is 1. The van der Waals surface area contributed by atoms with Crippen LogP contribution in [0.15, 0.2) is 11.1 Å². The fourth-order valence-corrected chi connectivity index (χ4v) is 2.76. The Hall–Kier alpha value is -1.89. The highest BCUT2D eigenvalue weighted by Crippen LogP contribution is 2.33.